The maximum Gasteiger partial charge on any atom is 0.234 e. The Morgan fingerprint density at radius 2 is 2.03 bits per heavy atom. The minimum atomic E-state index is -0.481. The zero-order valence-electron chi connectivity index (χ0n) is 15.2. The standard InChI is InChI=1S/C20H16FN5O2S/c21-16-7-1-2-8-17(16)23-18(27)13-29-20-25-24-19(14-5-3-9-22-11-14)26(20)12-15-6-4-10-28-15/h1-11H,12-13H2,(H,23,27). The average Bonchev–Trinajstić information content (AvgIpc) is 3.39. The zero-order chi connectivity index (χ0) is 20.1. The van der Waals surface area contributed by atoms with Gasteiger partial charge in [-0.15, -0.1) is 10.2 Å². The molecule has 3 aromatic heterocycles. The van der Waals surface area contributed by atoms with Crippen molar-refractivity contribution in [1.29, 1.82) is 0 Å². The van der Waals surface area contributed by atoms with E-state index in [9.17, 15) is 9.18 Å². The lowest BCUT2D eigenvalue weighted by atomic mass is 10.2. The van der Waals surface area contributed by atoms with Crippen LogP contribution in [-0.4, -0.2) is 31.4 Å². The van der Waals surface area contributed by atoms with Gasteiger partial charge in [-0.1, -0.05) is 23.9 Å². The number of anilines is 1. The lowest BCUT2D eigenvalue weighted by Crippen LogP contribution is -2.15. The second kappa shape index (κ2) is 8.70. The van der Waals surface area contributed by atoms with Crippen molar-refractivity contribution in [2.75, 3.05) is 11.1 Å². The third-order valence-corrected chi connectivity index (χ3v) is 4.98. The minimum Gasteiger partial charge on any atom is -0.467 e. The first-order chi connectivity index (χ1) is 14.2. The minimum absolute atomic E-state index is 0.0532. The number of benzene rings is 1. The summed E-state index contributed by atoms with van der Waals surface area (Å²) < 4.78 is 21.0. The Bertz CT molecular complexity index is 1100. The third kappa shape index (κ3) is 4.52. The number of aromatic nitrogens is 4. The van der Waals surface area contributed by atoms with Crippen LogP contribution in [0.5, 0.6) is 0 Å². The molecule has 0 radical (unpaired) electrons. The molecule has 0 atom stereocenters. The molecule has 3 heterocycles. The molecule has 146 valence electrons. The summed E-state index contributed by atoms with van der Waals surface area (Å²) >= 11 is 1.21. The fraction of sp³-hybridized carbons (Fsp3) is 0.100. The number of furan rings is 1. The summed E-state index contributed by atoms with van der Waals surface area (Å²) in [4.78, 5) is 16.4. The number of amides is 1. The van der Waals surface area contributed by atoms with Gasteiger partial charge in [0.25, 0.3) is 0 Å². The lowest BCUT2D eigenvalue weighted by molar-refractivity contribution is -0.113. The SMILES string of the molecule is O=C(CSc1nnc(-c2cccnc2)n1Cc1ccco1)Nc1ccccc1F. The van der Waals surface area contributed by atoms with Crippen molar-refractivity contribution in [3.8, 4) is 11.4 Å². The van der Waals surface area contributed by atoms with E-state index in [1.165, 1.54) is 23.9 Å². The van der Waals surface area contributed by atoms with E-state index in [0.29, 0.717) is 17.5 Å². The predicted octanol–water partition coefficient (Wildman–Crippen LogP) is 3.85. The maximum atomic E-state index is 13.7. The summed E-state index contributed by atoms with van der Waals surface area (Å²) in [6.45, 7) is 0.404. The van der Waals surface area contributed by atoms with E-state index in [1.807, 2.05) is 22.8 Å². The van der Waals surface area contributed by atoms with Crippen molar-refractivity contribution >= 4 is 23.4 Å². The summed E-state index contributed by atoms with van der Waals surface area (Å²) in [5.74, 6) is 0.581. The van der Waals surface area contributed by atoms with E-state index in [4.69, 9.17) is 4.42 Å². The molecule has 0 saturated carbocycles. The molecule has 4 rings (SSSR count). The van der Waals surface area contributed by atoms with Gasteiger partial charge < -0.3 is 9.73 Å². The van der Waals surface area contributed by atoms with Gasteiger partial charge in [0.05, 0.1) is 24.2 Å². The molecular formula is C20H16FN5O2S. The molecule has 0 fully saturated rings. The molecule has 1 amide bonds. The van der Waals surface area contributed by atoms with Crippen LogP contribution < -0.4 is 5.32 Å². The van der Waals surface area contributed by atoms with Gasteiger partial charge >= 0.3 is 0 Å². The normalized spacial score (nSPS) is 10.8. The molecule has 0 aliphatic rings. The molecule has 1 N–H and O–H groups in total. The van der Waals surface area contributed by atoms with Gasteiger partial charge in [-0.05, 0) is 36.4 Å². The number of rotatable bonds is 7. The Morgan fingerprint density at radius 3 is 2.79 bits per heavy atom. The van der Waals surface area contributed by atoms with Crippen LogP contribution in [0.1, 0.15) is 5.76 Å². The summed E-state index contributed by atoms with van der Waals surface area (Å²) in [5.41, 5.74) is 0.945. The van der Waals surface area contributed by atoms with E-state index < -0.39 is 5.82 Å². The molecule has 9 heteroatoms. The second-order valence-corrected chi connectivity index (χ2v) is 6.97. The average molecular weight is 409 g/mol. The molecule has 0 unspecified atom stereocenters. The third-order valence-electron chi connectivity index (χ3n) is 4.01. The molecule has 0 spiro atoms. The van der Waals surface area contributed by atoms with Crippen LogP contribution in [0.3, 0.4) is 0 Å². The fourth-order valence-corrected chi connectivity index (χ4v) is 3.42. The molecule has 7 nitrogen and oxygen atoms in total. The zero-order valence-corrected chi connectivity index (χ0v) is 16.0. The first kappa shape index (κ1) is 18.9. The number of halogens is 1. The number of hydrogen-bond acceptors (Lipinski definition) is 6. The predicted molar refractivity (Wildman–Crippen MR) is 107 cm³/mol. The Kier molecular flexibility index (Phi) is 5.66. The Hall–Kier alpha value is -3.46. The van der Waals surface area contributed by atoms with Crippen LogP contribution in [0.15, 0.2) is 76.8 Å². The highest BCUT2D eigenvalue weighted by Crippen LogP contribution is 2.25. The molecule has 0 aliphatic heterocycles. The summed E-state index contributed by atoms with van der Waals surface area (Å²) in [5, 5.41) is 11.6. The molecule has 0 saturated heterocycles. The highest BCUT2D eigenvalue weighted by atomic mass is 32.2. The summed E-state index contributed by atoms with van der Waals surface area (Å²) in [6, 6.07) is 13.4. The molecular weight excluding hydrogens is 393 g/mol. The Labute approximate surface area is 170 Å². The van der Waals surface area contributed by atoms with Crippen LogP contribution in [0.2, 0.25) is 0 Å². The fourth-order valence-electron chi connectivity index (χ4n) is 2.68. The van der Waals surface area contributed by atoms with Gasteiger partial charge in [0.15, 0.2) is 11.0 Å². The number of carbonyl (C=O) groups is 1. The van der Waals surface area contributed by atoms with Gasteiger partial charge in [-0.3, -0.25) is 14.3 Å². The number of para-hydroxylation sites is 1. The van der Waals surface area contributed by atoms with E-state index in [1.54, 1.807) is 36.9 Å². The van der Waals surface area contributed by atoms with Gasteiger partial charge in [0.1, 0.15) is 11.6 Å². The van der Waals surface area contributed by atoms with E-state index in [0.717, 1.165) is 11.3 Å². The first-order valence-electron chi connectivity index (χ1n) is 8.74. The van der Waals surface area contributed by atoms with E-state index in [2.05, 4.69) is 20.5 Å². The number of thioether (sulfide) groups is 1. The molecule has 1 aromatic carbocycles. The van der Waals surface area contributed by atoms with E-state index in [-0.39, 0.29) is 17.3 Å². The van der Waals surface area contributed by atoms with Gasteiger partial charge in [-0.25, -0.2) is 4.39 Å². The Balaban J connectivity index is 1.53. The van der Waals surface area contributed by atoms with Crippen molar-refractivity contribution in [3.05, 3.63) is 78.8 Å². The van der Waals surface area contributed by atoms with Crippen LogP contribution >= 0.6 is 11.8 Å². The number of pyridine rings is 1. The van der Waals surface area contributed by atoms with Crippen LogP contribution in [0.4, 0.5) is 10.1 Å². The second-order valence-electron chi connectivity index (χ2n) is 6.03. The number of nitrogens with zero attached hydrogens (tertiary/aromatic N) is 4. The van der Waals surface area contributed by atoms with Crippen molar-refractivity contribution in [2.24, 2.45) is 0 Å². The number of carbonyl (C=O) groups excluding carboxylic acids is 1. The highest BCUT2D eigenvalue weighted by molar-refractivity contribution is 7.99. The first-order valence-corrected chi connectivity index (χ1v) is 9.72. The largest absolute Gasteiger partial charge is 0.467 e. The number of nitrogens with one attached hydrogen (secondary N) is 1. The lowest BCUT2D eigenvalue weighted by Gasteiger charge is -2.09. The topological polar surface area (TPSA) is 85.8 Å². The Morgan fingerprint density at radius 1 is 1.14 bits per heavy atom. The maximum absolute atomic E-state index is 13.7. The smallest absolute Gasteiger partial charge is 0.234 e. The van der Waals surface area contributed by atoms with Crippen LogP contribution in [-0.2, 0) is 11.3 Å². The van der Waals surface area contributed by atoms with Gasteiger partial charge in [0.2, 0.25) is 5.91 Å². The van der Waals surface area contributed by atoms with Crippen molar-refractivity contribution in [1.82, 2.24) is 19.7 Å². The summed E-state index contributed by atoms with van der Waals surface area (Å²) in [7, 11) is 0. The molecule has 4 aromatic rings. The van der Waals surface area contributed by atoms with Gasteiger partial charge in [-0.2, -0.15) is 0 Å². The molecule has 0 bridgehead atoms. The quantitative estimate of drug-likeness (QED) is 0.467. The monoisotopic (exact) mass is 409 g/mol. The van der Waals surface area contributed by atoms with Crippen LogP contribution in [0, 0.1) is 5.82 Å². The van der Waals surface area contributed by atoms with Crippen molar-refractivity contribution in [3.63, 3.8) is 0 Å². The summed E-state index contributed by atoms with van der Waals surface area (Å²) in [6.07, 6.45) is 4.97. The van der Waals surface area contributed by atoms with Crippen LogP contribution in [0.25, 0.3) is 11.4 Å². The number of hydrogen-bond donors (Lipinski definition) is 1. The molecule has 29 heavy (non-hydrogen) atoms. The van der Waals surface area contributed by atoms with E-state index >= 15 is 0 Å². The highest BCUT2D eigenvalue weighted by Gasteiger charge is 2.17. The van der Waals surface area contributed by atoms with Gasteiger partial charge in [0, 0.05) is 18.0 Å². The van der Waals surface area contributed by atoms with Crippen molar-refractivity contribution < 1.29 is 13.6 Å². The molecule has 0 aliphatic carbocycles. The van der Waals surface area contributed by atoms with Crippen molar-refractivity contribution in [2.45, 2.75) is 11.7 Å².